The Hall–Kier alpha value is -0.960. The van der Waals surface area contributed by atoms with Crippen LogP contribution in [0.3, 0.4) is 0 Å². The van der Waals surface area contributed by atoms with Crippen LogP contribution in [0.2, 0.25) is 0 Å². The van der Waals surface area contributed by atoms with Crippen molar-refractivity contribution in [1.82, 2.24) is 14.9 Å². The second kappa shape index (κ2) is 3.89. The molecule has 2 heterocycles. The summed E-state index contributed by atoms with van der Waals surface area (Å²) in [6.45, 7) is 6.58. The van der Waals surface area contributed by atoms with Gasteiger partial charge in [-0.3, -0.25) is 0 Å². The van der Waals surface area contributed by atoms with Gasteiger partial charge in [0.05, 0.1) is 5.69 Å². The molecule has 0 amide bonds. The molecule has 3 heteroatoms. The first-order valence-corrected chi connectivity index (χ1v) is 5.59. The van der Waals surface area contributed by atoms with E-state index in [0.717, 1.165) is 12.4 Å². The zero-order chi connectivity index (χ0) is 10.9. The lowest BCUT2D eigenvalue weighted by atomic mass is 9.79. The third-order valence-corrected chi connectivity index (χ3v) is 3.28. The molecular formula is C12H19N3. The van der Waals surface area contributed by atoms with Gasteiger partial charge < -0.3 is 4.90 Å². The summed E-state index contributed by atoms with van der Waals surface area (Å²) in [5.41, 5.74) is 1.40. The van der Waals surface area contributed by atoms with Gasteiger partial charge in [-0.1, -0.05) is 6.92 Å². The van der Waals surface area contributed by atoms with Crippen LogP contribution in [0.5, 0.6) is 0 Å². The first kappa shape index (κ1) is 10.6. The van der Waals surface area contributed by atoms with Crippen LogP contribution >= 0.6 is 0 Å². The van der Waals surface area contributed by atoms with Crippen LogP contribution in [0, 0.1) is 6.92 Å². The number of rotatable bonds is 1. The Morgan fingerprint density at radius 2 is 2.27 bits per heavy atom. The van der Waals surface area contributed by atoms with E-state index < -0.39 is 0 Å². The number of aromatic nitrogens is 2. The summed E-state index contributed by atoms with van der Waals surface area (Å²) < 4.78 is 0. The second-order valence-electron chi connectivity index (χ2n) is 4.89. The van der Waals surface area contributed by atoms with Gasteiger partial charge in [-0.25, -0.2) is 9.97 Å². The molecule has 1 saturated heterocycles. The Morgan fingerprint density at radius 1 is 1.47 bits per heavy atom. The number of likely N-dealkylation sites (tertiary alicyclic amines) is 1. The van der Waals surface area contributed by atoms with Crippen molar-refractivity contribution >= 4 is 0 Å². The van der Waals surface area contributed by atoms with Crippen LogP contribution < -0.4 is 0 Å². The number of hydrogen-bond acceptors (Lipinski definition) is 3. The summed E-state index contributed by atoms with van der Waals surface area (Å²) in [6.07, 6.45) is 4.36. The summed E-state index contributed by atoms with van der Waals surface area (Å²) in [5, 5.41) is 0. The third-order valence-electron chi connectivity index (χ3n) is 3.28. The summed E-state index contributed by atoms with van der Waals surface area (Å²) in [4.78, 5) is 11.1. The Kier molecular flexibility index (Phi) is 2.74. The zero-order valence-electron chi connectivity index (χ0n) is 9.82. The molecule has 0 radical (unpaired) electrons. The van der Waals surface area contributed by atoms with Crippen molar-refractivity contribution in [1.29, 1.82) is 0 Å². The fourth-order valence-corrected chi connectivity index (χ4v) is 2.49. The maximum atomic E-state index is 4.57. The van der Waals surface area contributed by atoms with Crippen LogP contribution in [-0.2, 0) is 5.41 Å². The second-order valence-corrected chi connectivity index (χ2v) is 4.89. The van der Waals surface area contributed by atoms with E-state index in [9.17, 15) is 0 Å². The smallest absolute Gasteiger partial charge is 0.125 e. The molecule has 0 unspecified atom stereocenters. The fourth-order valence-electron chi connectivity index (χ4n) is 2.49. The summed E-state index contributed by atoms with van der Waals surface area (Å²) in [5.74, 6) is 0.877. The van der Waals surface area contributed by atoms with Gasteiger partial charge in [-0.2, -0.15) is 0 Å². The highest BCUT2D eigenvalue weighted by Crippen LogP contribution is 2.31. The zero-order valence-corrected chi connectivity index (χ0v) is 9.82. The maximum Gasteiger partial charge on any atom is 0.125 e. The number of likely N-dealkylation sites (N-methyl/N-ethyl adjacent to an activating group) is 1. The van der Waals surface area contributed by atoms with Crippen LogP contribution in [-0.4, -0.2) is 35.0 Å². The molecule has 0 N–H and O–H groups in total. The van der Waals surface area contributed by atoms with E-state index in [4.69, 9.17) is 0 Å². The Morgan fingerprint density at radius 3 is 2.93 bits per heavy atom. The van der Waals surface area contributed by atoms with Gasteiger partial charge >= 0.3 is 0 Å². The Bertz CT molecular complexity index is 350. The van der Waals surface area contributed by atoms with Gasteiger partial charge in [0.15, 0.2) is 0 Å². The molecule has 1 atom stereocenters. The van der Waals surface area contributed by atoms with Crippen molar-refractivity contribution in [3.63, 3.8) is 0 Å². The molecule has 82 valence electrons. The largest absolute Gasteiger partial charge is 0.305 e. The molecule has 1 fully saturated rings. The van der Waals surface area contributed by atoms with Crippen molar-refractivity contribution in [2.24, 2.45) is 0 Å². The van der Waals surface area contributed by atoms with Gasteiger partial charge in [0.1, 0.15) is 5.82 Å². The first-order valence-electron chi connectivity index (χ1n) is 5.59. The minimum atomic E-state index is 0.209. The van der Waals surface area contributed by atoms with E-state index in [-0.39, 0.29) is 5.41 Å². The quantitative estimate of drug-likeness (QED) is 0.699. The predicted molar refractivity (Wildman–Crippen MR) is 60.9 cm³/mol. The summed E-state index contributed by atoms with van der Waals surface area (Å²) >= 11 is 0. The molecule has 3 nitrogen and oxygen atoms in total. The topological polar surface area (TPSA) is 29.0 Å². The molecule has 2 rings (SSSR count). The average Bonchev–Trinajstić information content (AvgIpc) is 2.17. The molecule has 1 aliphatic heterocycles. The molecule has 0 aliphatic carbocycles. The lowest BCUT2D eigenvalue weighted by Crippen LogP contribution is -2.42. The molecule has 15 heavy (non-hydrogen) atoms. The SMILES string of the molecule is Cc1nccc([C@]2(C)CCCN(C)C2)n1. The molecule has 1 aromatic rings. The monoisotopic (exact) mass is 205 g/mol. The minimum absolute atomic E-state index is 0.209. The van der Waals surface area contributed by atoms with Gasteiger partial charge in [0.25, 0.3) is 0 Å². The predicted octanol–water partition coefficient (Wildman–Crippen LogP) is 1.77. The Labute approximate surface area is 91.5 Å². The molecule has 0 aromatic carbocycles. The number of nitrogens with zero attached hydrogens (tertiary/aromatic N) is 3. The summed E-state index contributed by atoms with van der Waals surface area (Å²) in [6, 6.07) is 2.06. The van der Waals surface area contributed by atoms with Crippen molar-refractivity contribution in [2.75, 3.05) is 20.1 Å². The third kappa shape index (κ3) is 2.17. The highest BCUT2D eigenvalue weighted by atomic mass is 15.1. The van der Waals surface area contributed by atoms with E-state index >= 15 is 0 Å². The van der Waals surface area contributed by atoms with E-state index in [1.807, 2.05) is 13.1 Å². The minimum Gasteiger partial charge on any atom is -0.305 e. The van der Waals surface area contributed by atoms with Crippen molar-refractivity contribution in [3.05, 3.63) is 23.8 Å². The van der Waals surface area contributed by atoms with Gasteiger partial charge in [0.2, 0.25) is 0 Å². The lowest BCUT2D eigenvalue weighted by Gasteiger charge is -2.38. The highest BCUT2D eigenvalue weighted by molar-refractivity contribution is 5.16. The standard InChI is InChI=1S/C12H19N3/c1-10-13-7-5-11(14-10)12(2)6-4-8-15(3)9-12/h5,7H,4,6,8-9H2,1-3H3/t12-/m1/s1. The van der Waals surface area contributed by atoms with Crippen molar-refractivity contribution < 1.29 is 0 Å². The number of aryl methyl sites for hydroxylation is 1. The first-order chi connectivity index (χ1) is 7.10. The van der Waals surface area contributed by atoms with Crippen LogP contribution in [0.25, 0.3) is 0 Å². The molecule has 1 aromatic heterocycles. The normalized spacial score (nSPS) is 27.9. The van der Waals surface area contributed by atoms with E-state index in [1.54, 1.807) is 0 Å². The van der Waals surface area contributed by atoms with Crippen molar-refractivity contribution in [2.45, 2.75) is 32.1 Å². The number of piperidine rings is 1. The van der Waals surface area contributed by atoms with Gasteiger partial charge in [-0.15, -0.1) is 0 Å². The van der Waals surface area contributed by atoms with E-state index in [2.05, 4.69) is 34.9 Å². The van der Waals surface area contributed by atoms with Gasteiger partial charge in [0, 0.05) is 18.2 Å². The maximum absolute atomic E-state index is 4.57. The van der Waals surface area contributed by atoms with Crippen molar-refractivity contribution in [3.8, 4) is 0 Å². The molecule has 0 bridgehead atoms. The lowest BCUT2D eigenvalue weighted by molar-refractivity contribution is 0.185. The van der Waals surface area contributed by atoms with Crippen LogP contribution in [0.1, 0.15) is 31.3 Å². The van der Waals surface area contributed by atoms with Gasteiger partial charge in [-0.05, 0) is 39.4 Å². The summed E-state index contributed by atoms with van der Waals surface area (Å²) in [7, 11) is 2.19. The molecule has 0 saturated carbocycles. The molecule has 1 aliphatic rings. The highest BCUT2D eigenvalue weighted by Gasteiger charge is 2.32. The Balaban J connectivity index is 2.28. The van der Waals surface area contributed by atoms with Crippen LogP contribution in [0.15, 0.2) is 12.3 Å². The number of hydrogen-bond donors (Lipinski definition) is 0. The molecular weight excluding hydrogens is 186 g/mol. The fraction of sp³-hybridized carbons (Fsp3) is 0.667. The van der Waals surface area contributed by atoms with E-state index in [0.29, 0.717) is 0 Å². The van der Waals surface area contributed by atoms with E-state index in [1.165, 1.54) is 25.1 Å². The van der Waals surface area contributed by atoms with Crippen LogP contribution in [0.4, 0.5) is 0 Å². The average molecular weight is 205 g/mol. The molecule has 0 spiro atoms.